The van der Waals surface area contributed by atoms with E-state index in [-0.39, 0.29) is 30.1 Å². The van der Waals surface area contributed by atoms with E-state index in [1.54, 1.807) is 24.3 Å². The van der Waals surface area contributed by atoms with Gasteiger partial charge in [-0.3, -0.25) is 14.4 Å². The van der Waals surface area contributed by atoms with Crippen LogP contribution in [0.15, 0.2) is 48.5 Å². The summed E-state index contributed by atoms with van der Waals surface area (Å²) in [6, 6.07) is 15.5. The normalized spacial score (nSPS) is 17.6. The number of carboxylic acids is 1. The van der Waals surface area contributed by atoms with Gasteiger partial charge >= 0.3 is 5.97 Å². The second-order valence-corrected chi connectivity index (χ2v) is 7.80. The quantitative estimate of drug-likeness (QED) is 0.640. The summed E-state index contributed by atoms with van der Waals surface area (Å²) in [7, 11) is 0. The predicted molar refractivity (Wildman–Crippen MR) is 111 cm³/mol. The van der Waals surface area contributed by atoms with Crippen molar-refractivity contribution < 1.29 is 19.5 Å². The van der Waals surface area contributed by atoms with Crippen molar-refractivity contribution in [2.75, 3.05) is 11.9 Å². The van der Waals surface area contributed by atoms with Crippen LogP contribution in [0.5, 0.6) is 0 Å². The number of amides is 2. The monoisotopic (exact) mass is 394 g/mol. The van der Waals surface area contributed by atoms with E-state index >= 15 is 0 Å². The maximum atomic E-state index is 12.5. The molecule has 0 heterocycles. The third-order valence-electron chi connectivity index (χ3n) is 5.18. The molecule has 0 aliphatic heterocycles. The minimum absolute atomic E-state index is 0.00915. The molecular formula is C23H26N2O4. The van der Waals surface area contributed by atoms with E-state index in [9.17, 15) is 14.4 Å². The van der Waals surface area contributed by atoms with Gasteiger partial charge < -0.3 is 15.7 Å². The van der Waals surface area contributed by atoms with Gasteiger partial charge in [-0.25, -0.2) is 0 Å². The van der Waals surface area contributed by atoms with Crippen molar-refractivity contribution in [1.29, 1.82) is 0 Å². The number of rotatable bonds is 8. The number of carbonyl (C=O) groups is 3. The minimum Gasteiger partial charge on any atom is -0.480 e. The van der Waals surface area contributed by atoms with Crippen LogP contribution in [-0.2, 0) is 20.8 Å². The molecule has 1 aliphatic rings. The molecule has 2 atom stereocenters. The van der Waals surface area contributed by atoms with Gasteiger partial charge in [-0.05, 0) is 47.1 Å². The van der Waals surface area contributed by atoms with Crippen molar-refractivity contribution in [3.63, 3.8) is 0 Å². The lowest BCUT2D eigenvalue weighted by Crippen LogP contribution is -2.30. The van der Waals surface area contributed by atoms with Gasteiger partial charge in [-0.15, -0.1) is 0 Å². The molecule has 3 N–H and O–H groups in total. The first-order valence-electron chi connectivity index (χ1n) is 9.81. The van der Waals surface area contributed by atoms with E-state index in [1.165, 1.54) is 11.1 Å². The first-order valence-corrected chi connectivity index (χ1v) is 9.81. The van der Waals surface area contributed by atoms with Crippen molar-refractivity contribution in [3.8, 4) is 0 Å². The SMILES string of the molecule is CC(C)c1ccc(C2CC2C(=O)Nc2ccc(CC(=O)NCC(=O)O)cc2)cc1. The Hall–Kier alpha value is -3.15. The van der Waals surface area contributed by atoms with Gasteiger partial charge in [-0.2, -0.15) is 0 Å². The molecule has 3 rings (SSSR count). The van der Waals surface area contributed by atoms with Crippen molar-refractivity contribution >= 4 is 23.5 Å². The molecule has 0 radical (unpaired) electrons. The maximum absolute atomic E-state index is 12.5. The number of nitrogens with one attached hydrogen (secondary N) is 2. The standard InChI is InChI=1S/C23H26N2O4/c1-14(2)16-5-7-17(8-6-16)19-12-20(19)23(29)25-18-9-3-15(4-10-18)11-21(26)24-13-22(27)28/h3-10,14,19-20H,11-13H2,1-2H3,(H,24,26)(H,25,29)(H,27,28). The van der Waals surface area contributed by atoms with E-state index in [1.807, 2.05) is 0 Å². The summed E-state index contributed by atoms with van der Waals surface area (Å²) in [4.78, 5) is 34.6. The van der Waals surface area contributed by atoms with Crippen LogP contribution < -0.4 is 10.6 Å². The van der Waals surface area contributed by atoms with Gasteiger partial charge in [-0.1, -0.05) is 50.2 Å². The molecule has 152 valence electrons. The summed E-state index contributed by atoms with van der Waals surface area (Å²) in [5.41, 5.74) is 3.94. The zero-order valence-electron chi connectivity index (χ0n) is 16.6. The van der Waals surface area contributed by atoms with E-state index in [0.29, 0.717) is 11.6 Å². The second kappa shape index (κ2) is 8.90. The lowest BCUT2D eigenvalue weighted by molar-refractivity contribution is -0.137. The first-order chi connectivity index (χ1) is 13.8. The van der Waals surface area contributed by atoms with Crippen molar-refractivity contribution in [2.24, 2.45) is 5.92 Å². The van der Waals surface area contributed by atoms with Crippen LogP contribution in [-0.4, -0.2) is 29.4 Å². The number of hydrogen-bond donors (Lipinski definition) is 3. The zero-order chi connectivity index (χ0) is 21.0. The predicted octanol–water partition coefficient (Wildman–Crippen LogP) is 3.30. The molecule has 1 fully saturated rings. The number of anilines is 1. The molecule has 2 amide bonds. The fraction of sp³-hybridized carbons (Fsp3) is 0.348. The molecule has 1 saturated carbocycles. The van der Waals surface area contributed by atoms with Crippen LogP contribution in [0.3, 0.4) is 0 Å². The number of aliphatic carboxylic acids is 1. The maximum Gasteiger partial charge on any atom is 0.322 e. The molecule has 0 bridgehead atoms. The van der Waals surface area contributed by atoms with Gasteiger partial charge in [0.2, 0.25) is 11.8 Å². The Labute approximate surface area is 170 Å². The van der Waals surface area contributed by atoms with Crippen molar-refractivity contribution in [3.05, 3.63) is 65.2 Å². The average molecular weight is 394 g/mol. The Bertz CT molecular complexity index is 888. The van der Waals surface area contributed by atoms with Gasteiger partial charge in [0.15, 0.2) is 0 Å². The number of carboxylic acid groups (broad SMARTS) is 1. The third-order valence-corrected chi connectivity index (χ3v) is 5.18. The lowest BCUT2D eigenvalue weighted by atomic mass is 10.00. The van der Waals surface area contributed by atoms with Crippen molar-refractivity contribution in [1.82, 2.24) is 5.32 Å². The summed E-state index contributed by atoms with van der Waals surface area (Å²) >= 11 is 0. The smallest absolute Gasteiger partial charge is 0.322 e. The Morgan fingerprint density at radius 1 is 1.03 bits per heavy atom. The Kier molecular flexibility index (Phi) is 6.32. The molecular weight excluding hydrogens is 368 g/mol. The molecule has 29 heavy (non-hydrogen) atoms. The average Bonchev–Trinajstić information content (AvgIpc) is 3.49. The second-order valence-electron chi connectivity index (χ2n) is 7.80. The molecule has 0 aromatic heterocycles. The molecule has 0 saturated heterocycles. The number of hydrogen-bond acceptors (Lipinski definition) is 3. The highest BCUT2D eigenvalue weighted by atomic mass is 16.4. The Morgan fingerprint density at radius 3 is 2.28 bits per heavy atom. The molecule has 2 aromatic carbocycles. The molecule has 0 spiro atoms. The van der Waals surface area contributed by atoms with Crippen LogP contribution in [0.2, 0.25) is 0 Å². The molecule has 6 nitrogen and oxygen atoms in total. The molecule has 2 unspecified atom stereocenters. The molecule has 2 aromatic rings. The number of benzene rings is 2. The van der Waals surface area contributed by atoms with Gasteiger partial charge in [0.25, 0.3) is 0 Å². The fourth-order valence-electron chi connectivity index (χ4n) is 3.34. The third kappa shape index (κ3) is 5.67. The van der Waals surface area contributed by atoms with Crippen LogP contribution >= 0.6 is 0 Å². The van der Waals surface area contributed by atoms with E-state index < -0.39 is 12.5 Å². The van der Waals surface area contributed by atoms with E-state index in [2.05, 4.69) is 48.7 Å². The van der Waals surface area contributed by atoms with Crippen LogP contribution in [0.1, 0.15) is 48.8 Å². The highest BCUT2D eigenvalue weighted by Gasteiger charge is 2.43. The summed E-state index contributed by atoms with van der Waals surface area (Å²) in [5.74, 6) is -0.669. The van der Waals surface area contributed by atoms with E-state index in [0.717, 1.165) is 12.0 Å². The Morgan fingerprint density at radius 2 is 1.69 bits per heavy atom. The van der Waals surface area contributed by atoms with Crippen molar-refractivity contribution in [2.45, 2.75) is 38.5 Å². The minimum atomic E-state index is -1.08. The van der Waals surface area contributed by atoms with Crippen LogP contribution in [0, 0.1) is 5.92 Å². The largest absolute Gasteiger partial charge is 0.480 e. The van der Waals surface area contributed by atoms with Crippen LogP contribution in [0.25, 0.3) is 0 Å². The first kappa shape index (κ1) is 20.6. The highest BCUT2D eigenvalue weighted by molar-refractivity contribution is 5.95. The van der Waals surface area contributed by atoms with Gasteiger partial charge in [0.05, 0.1) is 6.42 Å². The van der Waals surface area contributed by atoms with Gasteiger partial charge in [0.1, 0.15) is 6.54 Å². The summed E-state index contributed by atoms with van der Waals surface area (Å²) in [5, 5.41) is 13.8. The van der Waals surface area contributed by atoms with Crippen LogP contribution in [0.4, 0.5) is 5.69 Å². The summed E-state index contributed by atoms with van der Waals surface area (Å²) < 4.78 is 0. The molecule has 6 heteroatoms. The summed E-state index contributed by atoms with van der Waals surface area (Å²) in [6.45, 7) is 3.93. The number of carbonyl (C=O) groups excluding carboxylic acids is 2. The lowest BCUT2D eigenvalue weighted by Gasteiger charge is -2.08. The fourth-order valence-corrected chi connectivity index (χ4v) is 3.34. The van der Waals surface area contributed by atoms with Gasteiger partial charge in [0, 0.05) is 11.6 Å². The zero-order valence-corrected chi connectivity index (χ0v) is 16.6. The topological polar surface area (TPSA) is 95.5 Å². The Balaban J connectivity index is 1.50. The highest BCUT2D eigenvalue weighted by Crippen LogP contribution is 2.48. The molecule has 1 aliphatic carbocycles. The van der Waals surface area contributed by atoms with E-state index in [4.69, 9.17) is 5.11 Å². The summed E-state index contributed by atoms with van der Waals surface area (Å²) in [6.07, 6.45) is 0.952.